The lowest BCUT2D eigenvalue weighted by molar-refractivity contribution is -0.150. The molecule has 14 nitrogen and oxygen atoms in total. The molecule has 0 spiro atoms. The van der Waals surface area contributed by atoms with Crippen LogP contribution in [0.15, 0.2) is 52.9 Å². The maximum absolute atomic E-state index is 13.5. The van der Waals surface area contributed by atoms with Gasteiger partial charge in [-0.15, -0.1) is 22.0 Å². The molecule has 2 aromatic heterocycles. The predicted octanol–water partition coefficient (Wildman–Crippen LogP) is 0.140. The highest BCUT2D eigenvalue weighted by Gasteiger charge is 2.55. The van der Waals surface area contributed by atoms with Crippen LogP contribution in [0.1, 0.15) is 32.0 Å². The molecule has 0 saturated carbocycles. The summed E-state index contributed by atoms with van der Waals surface area (Å²) in [5.74, 6) is -3.48. The number of nitrogen functional groups attached to an aromatic ring is 1. The lowest BCUT2D eigenvalue weighted by atomic mass is 9.99. The van der Waals surface area contributed by atoms with Crippen LogP contribution in [-0.2, 0) is 14.4 Å². The first kappa shape index (κ1) is 28.1. The van der Waals surface area contributed by atoms with Crippen molar-refractivity contribution in [3.05, 3.63) is 79.6 Å². The Morgan fingerprint density at radius 2 is 1.95 bits per heavy atom. The summed E-state index contributed by atoms with van der Waals surface area (Å²) in [7, 11) is 0. The van der Waals surface area contributed by atoms with Crippen LogP contribution in [0.25, 0.3) is 0 Å². The number of amides is 3. The number of benzene rings is 1. The van der Waals surface area contributed by atoms with Crippen molar-refractivity contribution >= 4 is 69.6 Å². The van der Waals surface area contributed by atoms with Crippen molar-refractivity contribution in [1.29, 1.82) is 0 Å². The Kier molecular flexibility index (Phi) is 7.65. The van der Waals surface area contributed by atoms with Gasteiger partial charge in [-0.25, -0.2) is 9.78 Å². The van der Waals surface area contributed by atoms with Crippen LogP contribution in [0, 0.1) is 6.92 Å². The molecule has 2 aliphatic rings. The molecule has 3 atom stereocenters. The van der Waals surface area contributed by atoms with Gasteiger partial charge in [0.05, 0.1) is 11.2 Å². The molecule has 210 valence electrons. The summed E-state index contributed by atoms with van der Waals surface area (Å²) in [5.41, 5.74) is 5.47. The van der Waals surface area contributed by atoms with Gasteiger partial charge >= 0.3 is 5.97 Å². The average molecular weight is 613 g/mol. The molecule has 3 amide bonds. The number of nitrogens with zero attached hydrogens (tertiary/aromatic N) is 4. The summed E-state index contributed by atoms with van der Waals surface area (Å²) in [6.07, 6.45) is 2.18. The molecular weight excluding hydrogens is 593 g/mol. The number of rotatable bonds is 8. The largest absolute Gasteiger partial charge is 0.477 e. The zero-order chi connectivity index (χ0) is 29.4. The third-order valence-electron chi connectivity index (χ3n) is 6.23. The van der Waals surface area contributed by atoms with Gasteiger partial charge < -0.3 is 26.5 Å². The molecule has 2 unspecified atom stereocenters. The van der Waals surface area contributed by atoms with Crippen LogP contribution in [0.2, 0.25) is 0 Å². The number of nitrogens with two attached hydrogens (primary N) is 1. The van der Waals surface area contributed by atoms with Gasteiger partial charge in [-0.2, -0.15) is 0 Å². The fraction of sp³-hybridized carbons (Fsp3) is 0.208. The molecule has 6 N–H and O–H groups in total. The number of β-lactam (4-membered cyclic amide) rings is 1. The maximum Gasteiger partial charge on any atom is 0.353 e. The number of carbonyl (C=O) groups excluding carboxylic acids is 3. The van der Waals surface area contributed by atoms with E-state index in [2.05, 4.69) is 30.8 Å². The van der Waals surface area contributed by atoms with Gasteiger partial charge in [-0.3, -0.25) is 24.1 Å². The van der Waals surface area contributed by atoms with Crippen LogP contribution in [-0.4, -0.2) is 75.9 Å². The molecule has 1 saturated heterocycles. The number of H-pyrrole nitrogens is 1. The van der Waals surface area contributed by atoms with Gasteiger partial charge in [0.25, 0.3) is 17.4 Å². The Morgan fingerprint density at radius 3 is 2.59 bits per heavy atom. The summed E-state index contributed by atoms with van der Waals surface area (Å²) in [4.78, 5) is 71.2. The second-order valence-electron chi connectivity index (χ2n) is 8.85. The van der Waals surface area contributed by atoms with Crippen LogP contribution >= 0.6 is 35.3 Å². The van der Waals surface area contributed by atoms with E-state index >= 15 is 0 Å². The van der Waals surface area contributed by atoms with E-state index in [-0.39, 0.29) is 27.5 Å². The number of hydrogen-bond donors (Lipinski definition) is 5. The Hall–Kier alpha value is -4.48. The molecule has 5 rings (SSSR count). The average Bonchev–Trinajstić information content (AvgIpc) is 3.40. The lowest BCUT2D eigenvalue weighted by Crippen LogP contribution is -2.71. The molecule has 3 aromatic rings. The summed E-state index contributed by atoms with van der Waals surface area (Å²) < 4.78 is 0. The number of aliphatic carboxylic acids is 1. The number of aromatic amines is 1. The Balaban J connectivity index is 1.39. The number of carboxylic acids is 1. The van der Waals surface area contributed by atoms with Gasteiger partial charge in [-0.05, 0) is 24.6 Å². The monoisotopic (exact) mass is 612 g/mol. The lowest BCUT2D eigenvalue weighted by Gasteiger charge is -2.49. The molecule has 1 aromatic carbocycles. The SMILES string of the molecule is Cc1nnc(C(=S)C2=C(C(=O)O)N3C(=O)C(NC(=O)C(NC(=O)c4cnc[nH]c4=O)c4ccc(N)cc4)[C@@H]3SC2)s1. The predicted molar refractivity (Wildman–Crippen MR) is 152 cm³/mol. The normalized spacial score (nSPS) is 18.7. The number of carboxylic acid groups (broad SMARTS) is 1. The van der Waals surface area contributed by atoms with Gasteiger partial charge in [0.1, 0.15) is 33.7 Å². The van der Waals surface area contributed by atoms with E-state index in [1.165, 1.54) is 47.4 Å². The van der Waals surface area contributed by atoms with Crippen LogP contribution in [0.3, 0.4) is 0 Å². The van der Waals surface area contributed by atoms with E-state index in [9.17, 15) is 29.1 Å². The van der Waals surface area contributed by atoms with Crippen LogP contribution in [0.5, 0.6) is 0 Å². The topological polar surface area (TPSA) is 213 Å². The molecule has 17 heteroatoms. The molecule has 0 radical (unpaired) electrons. The van der Waals surface area contributed by atoms with Crippen LogP contribution < -0.4 is 21.9 Å². The molecule has 0 aliphatic carbocycles. The summed E-state index contributed by atoms with van der Waals surface area (Å²) in [5, 5.41) is 23.3. The first-order chi connectivity index (χ1) is 19.6. The highest BCUT2D eigenvalue weighted by atomic mass is 32.2. The van der Waals surface area contributed by atoms with E-state index in [0.717, 1.165) is 17.4 Å². The standard InChI is InChI=1S/C24H20N8O6S3/c1-9-30-31-21(41-9)17(39)13-7-40-23-15(22(36)32(23)16(13)24(37)38)29-20(35)14(10-2-4-11(25)5-3-10)28-19(34)12-6-26-8-27-18(12)33/h2-6,8,14-15,23H,7,25H2,1H3,(H,28,34)(H,29,35)(H,37,38)(H,26,27,33)/t14?,15?,23-/m0/s1. The quantitative estimate of drug-likeness (QED) is 0.0994. The summed E-state index contributed by atoms with van der Waals surface area (Å²) in [6.45, 7) is 1.74. The van der Waals surface area contributed by atoms with Crippen molar-refractivity contribution in [2.45, 2.75) is 24.4 Å². The van der Waals surface area contributed by atoms with E-state index in [1.54, 1.807) is 6.92 Å². The molecular formula is C24H20N8O6S3. The first-order valence-electron chi connectivity index (χ1n) is 11.8. The molecule has 2 aliphatic heterocycles. The summed E-state index contributed by atoms with van der Waals surface area (Å²) in [6, 6.07) is 3.68. The highest BCUT2D eigenvalue weighted by Crippen LogP contribution is 2.41. The van der Waals surface area contributed by atoms with Gasteiger partial charge in [-0.1, -0.05) is 35.7 Å². The zero-order valence-corrected chi connectivity index (χ0v) is 23.4. The molecule has 1 fully saturated rings. The van der Waals surface area contributed by atoms with Gasteiger partial charge in [0.2, 0.25) is 5.91 Å². The van der Waals surface area contributed by atoms with Gasteiger partial charge in [0.15, 0.2) is 5.01 Å². The Morgan fingerprint density at radius 1 is 1.22 bits per heavy atom. The van der Waals surface area contributed by atoms with Gasteiger partial charge in [0, 0.05) is 23.2 Å². The third kappa shape index (κ3) is 5.33. The minimum Gasteiger partial charge on any atom is -0.477 e. The van der Waals surface area contributed by atoms with Crippen molar-refractivity contribution in [3.8, 4) is 0 Å². The Bertz CT molecular complexity index is 1680. The fourth-order valence-electron chi connectivity index (χ4n) is 4.25. The minimum absolute atomic E-state index is 0.155. The van der Waals surface area contributed by atoms with Crippen molar-refractivity contribution in [3.63, 3.8) is 0 Å². The molecule has 41 heavy (non-hydrogen) atoms. The number of nitrogens with one attached hydrogen (secondary N) is 3. The first-order valence-corrected chi connectivity index (χ1v) is 14.1. The van der Waals surface area contributed by atoms with E-state index < -0.39 is 46.7 Å². The van der Waals surface area contributed by atoms with Crippen molar-refractivity contribution in [2.24, 2.45) is 0 Å². The summed E-state index contributed by atoms with van der Waals surface area (Å²) >= 11 is 7.92. The van der Waals surface area contributed by atoms with E-state index in [1.807, 2.05) is 0 Å². The molecule has 0 bridgehead atoms. The number of anilines is 1. The number of fused-ring (bicyclic) bond motifs is 1. The zero-order valence-electron chi connectivity index (χ0n) is 21.0. The van der Waals surface area contributed by atoms with E-state index in [0.29, 0.717) is 21.3 Å². The number of aryl methyl sites for hydroxylation is 1. The minimum atomic E-state index is -1.35. The van der Waals surface area contributed by atoms with Crippen molar-refractivity contribution in [1.82, 2.24) is 35.7 Å². The number of thioether (sulfide) groups is 1. The molecule has 4 heterocycles. The second kappa shape index (κ2) is 11.2. The number of thiocarbonyl (C=S) groups is 1. The smallest absolute Gasteiger partial charge is 0.353 e. The fourth-order valence-corrected chi connectivity index (χ4v) is 6.69. The number of hydrogen-bond acceptors (Lipinski definition) is 12. The van der Waals surface area contributed by atoms with Crippen molar-refractivity contribution < 1.29 is 24.3 Å². The maximum atomic E-state index is 13.5. The van der Waals surface area contributed by atoms with Crippen LogP contribution in [0.4, 0.5) is 5.69 Å². The Labute approximate surface area is 244 Å². The number of carbonyl (C=O) groups is 4. The number of aromatic nitrogens is 4. The third-order valence-corrected chi connectivity index (χ3v) is 8.94. The van der Waals surface area contributed by atoms with E-state index in [4.69, 9.17) is 18.0 Å². The highest BCUT2D eigenvalue weighted by molar-refractivity contribution is 8.00. The van der Waals surface area contributed by atoms with Crippen molar-refractivity contribution in [2.75, 3.05) is 11.5 Å². The second-order valence-corrected chi connectivity index (χ2v) is 11.5.